The molecule has 1 saturated carbocycles. The zero-order valence-electron chi connectivity index (χ0n) is 7.40. The minimum atomic E-state index is 0.105. The summed E-state index contributed by atoms with van der Waals surface area (Å²) in [6.45, 7) is 0.985. The number of carbonyl (C=O) groups is 1. The van der Waals surface area contributed by atoms with Gasteiger partial charge in [-0.1, -0.05) is 0 Å². The van der Waals surface area contributed by atoms with Crippen molar-refractivity contribution in [1.29, 1.82) is 0 Å². The SMILES string of the molecule is O=C1[C@@H]2CCCN2C(=S)N1C1CC1. The fraction of sp³-hybridized carbons (Fsp3) is 0.778. The van der Waals surface area contributed by atoms with E-state index in [1.54, 1.807) is 0 Å². The summed E-state index contributed by atoms with van der Waals surface area (Å²) in [4.78, 5) is 15.8. The maximum absolute atomic E-state index is 11.9. The Balaban J connectivity index is 1.91. The lowest BCUT2D eigenvalue weighted by atomic mass is 10.2. The number of thiocarbonyl (C=S) groups is 1. The molecule has 3 rings (SSSR count). The molecular formula is C9H12N2OS. The van der Waals surface area contributed by atoms with Gasteiger partial charge in [-0.25, -0.2) is 0 Å². The van der Waals surface area contributed by atoms with E-state index in [-0.39, 0.29) is 11.9 Å². The lowest BCUT2D eigenvalue weighted by Crippen LogP contribution is -2.34. The molecule has 70 valence electrons. The van der Waals surface area contributed by atoms with Gasteiger partial charge in [-0.2, -0.15) is 0 Å². The van der Waals surface area contributed by atoms with E-state index in [9.17, 15) is 4.79 Å². The van der Waals surface area contributed by atoms with Gasteiger partial charge in [-0.15, -0.1) is 0 Å². The van der Waals surface area contributed by atoms with Gasteiger partial charge in [-0.3, -0.25) is 9.69 Å². The first-order valence-corrected chi connectivity index (χ1v) is 5.33. The van der Waals surface area contributed by atoms with Crippen molar-refractivity contribution in [2.75, 3.05) is 6.54 Å². The van der Waals surface area contributed by atoms with Crippen molar-refractivity contribution in [3.8, 4) is 0 Å². The molecule has 0 radical (unpaired) electrons. The van der Waals surface area contributed by atoms with E-state index in [1.807, 2.05) is 4.90 Å². The van der Waals surface area contributed by atoms with Gasteiger partial charge in [0.05, 0.1) is 0 Å². The fourth-order valence-corrected chi connectivity index (χ4v) is 2.77. The molecule has 3 aliphatic rings. The molecule has 13 heavy (non-hydrogen) atoms. The molecule has 0 spiro atoms. The first-order valence-electron chi connectivity index (χ1n) is 4.93. The summed E-state index contributed by atoms with van der Waals surface area (Å²) in [5, 5.41) is 0.801. The highest BCUT2D eigenvalue weighted by Crippen LogP contribution is 2.36. The Bertz CT molecular complexity index is 265. The Morgan fingerprint density at radius 1 is 1.31 bits per heavy atom. The number of rotatable bonds is 1. The van der Waals surface area contributed by atoms with E-state index < -0.39 is 0 Å². The number of carbonyl (C=O) groups excluding carboxylic acids is 1. The highest BCUT2D eigenvalue weighted by atomic mass is 32.1. The predicted octanol–water partition coefficient (Wildman–Crippen LogP) is 0.740. The summed E-state index contributed by atoms with van der Waals surface area (Å²) >= 11 is 5.30. The summed E-state index contributed by atoms with van der Waals surface area (Å²) in [6, 6.07) is 0.554. The van der Waals surface area contributed by atoms with E-state index >= 15 is 0 Å². The summed E-state index contributed by atoms with van der Waals surface area (Å²) < 4.78 is 0. The van der Waals surface area contributed by atoms with E-state index in [0.717, 1.165) is 37.3 Å². The van der Waals surface area contributed by atoms with Crippen molar-refractivity contribution in [3.63, 3.8) is 0 Å². The smallest absolute Gasteiger partial charge is 0.251 e. The average molecular weight is 196 g/mol. The van der Waals surface area contributed by atoms with Crippen LogP contribution in [0.5, 0.6) is 0 Å². The second kappa shape index (κ2) is 2.44. The van der Waals surface area contributed by atoms with Crippen LogP contribution in [-0.4, -0.2) is 39.4 Å². The number of hydrogen-bond acceptors (Lipinski definition) is 2. The largest absolute Gasteiger partial charge is 0.337 e. The molecule has 1 amide bonds. The standard InChI is InChI=1S/C9H12N2OS/c12-8-7-2-1-5-10(7)9(13)11(8)6-3-4-6/h6-7H,1-5H2/t7-/m0/s1. The Hall–Kier alpha value is -0.640. The quantitative estimate of drug-likeness (QED) is 0.578. The molecule has 2 aliphatic heterocycles. The molecule has 4 heteroatoms. The van der Waals surface area contributed by atoms with Gasteiger partial charge in [0.1, 0.15) is 6.04 Å². The number of amides is 1. The molecule has 0 bridgehead atoms. The highest BCUT2D eigenvalue weighted by Gasteiger charge is 2.49. The predicted molar refractivity (Wildman–Crippen MR) is 52.2 cm³/mol. The Morgan fingerprint density at radius 3 is 2.69 bits per heavy atom. The Morgan fingerprint density at radius 2 is 2.08 bits per heavy atom. The zero-order chi connectivity index (χ0) is 9.00. The zero-order valence-corrected chi connectivity index (χ0v) is 8.22. The summed E-state index contributed by atoms with van der Waals surface area (Å²) in [5.74, 6) is 0.269. The summed E-state index contributed by atoms with van der Waals surface area (Å²) in [7, 11) is 0. The van der Waals surface area contributed by atoms with Crippen LogP contribution in [-0.2, 0) is 4.79 Å². The van der Waals surface area contributed by atoms with Crippen LogP contribution >= 0.6 is 12.2 Å². The topological polar surface area (TPSA) is 23.6 Å². The van der Waals surface area contributed by atoms with Gasteiger partial charge < -0.3 is 4.90 Å². The lowest BCUT2D eigenvalue weighted by molar-refractivity contribution is -0.128. The first kappa shape index (κ1) is 7.74. The van der Waals surface area contributed by atoms with Crippen molar-refractivity contribution in [2.45, 2.75) is 37.8 Å². The third-order valence-electron chi connectivity index (χ3n) is 3.14. The molecule has 3 fully saturated rings. The Kier molecular flexibility index (Phi) is 1.45. The Labute approximate surface area is 82.7 Å². The molecule has 0 aromatic carbocycles. The molecular weight excluding hydrogens is 184 g/mol. The van der Waals surface area contributed by atoms with Gasteiger partial charge in [-0.05, 0) is 37.9 Å². The maximum atomic E-state index is 11.9. The minimum Gasteiger partial charge on any atom is -0.337 e. The third-order valence-corrected chi connectivity index (χ3v) is 3.57. The number of fused-ring (bicyclic) bond motifs is 1. The van der Waals surface area contributed by atoms with Gasteiger partial charge in [0.2, 0.25) is 0 Å². The molecule has 3 nitrogen and oxygen atoms in total. The number of nitrogens with zero attached hydrogens (tertiary/aromatic N) is 2. The molecule has 0 aromatic heterocycles. The fourth-order valence-electron chi connectivity index (χ4n) is 2.31. The van der Waals surface area contributed by atoms with E-state index in [4.69, 9.17) is 12.2 Å². The monoisotopic (exact) mass is 196 g/mol. The van der Waals surface area contributed by atoms with Crippen LogP contribution in [0.3, 0.4) is 0 Å². The first-order chi connectivity index (χ1) is 6.29. The van der Waals surface area contributed by atoms with Crippen LogP contribution in [0.25, 0.3) is 0 Å². The molecule has 1 atom stereocenters. The second-order valence-corrected chi connectivity index (χ2v) is 4.44. The molecule has 0 unspecified atom stereocenters. The van der Waals surface area contributed by atoms with Crippen molar-refractivity contribution in [1.82, 2.24) is 9.80 Å². The van der Waals surface area contributed by atoms with Crippen LogP contribution in [0.2, 0.25) is 0 Å². The summed E-state index contributed by atoms with van der Waals surface area (Å²) in [6.07, 6.45) is 4.41. The molecule has 0 aromatic rings. The van der Waals surface area contributed by atoms with Crippen molar-refractivity contribution >= 4 is 23.2 Å². The molecule has 2 saturated heterocycles. The van der Waals surface area contributed by atoms with E-state index in [0.29, 0.717) is 6.04 Å². The van der Waals surface area contributed by atoms with E-state index in [1.165, 1.54) is 0 Å². The van der Waals surface area contributed by atoms with Crippen molar-refractivity contribution in [2.24, 2.45) is 0 Å². The van der Waals surface area contributed by atoms with Gasteiger partial charge >= 0.3 is 0 Å². The highest BCUT2D eigenvalue weighted by molar-refractivity contribution is 7.80. The normalized spacial score (nSPS) is 33.1. The van der Waals surface area contributed by atoms with Crippen LogP contribution in [0.4, 0.5) is 0 Å². The van der Waals surface area contributed by atoms with Gasteiger partial charge in [0.25, 0.3) is 5.91 Å². The van der Waals surface area contributed by atoms with E-state index in [2.05, 4.69) is 4.90 Å². The van der Waals surface area contributed by atoms with Crippen molar-refractivity contribution in [3.05, 3.63) is 0 Å². The number of hydrogen-bond donors (Lipinski definition) is 0. The van der Waals surface area contributed by atoms with Crippen LogP contribution in [0.15, 0.2) is 0 Å². The van der Waals surface area contributed by atoms with Gasteiger partial charge in [0, 0.05) is 12.6 Å². The van der Waals surface area contributed by atoms with Crippen LogP contribution in [0.1, 0.15) is 25.7 Å². The van der Waals surface area contributed by atoms with Crippen molar-refractivity contribution < 1.29 is 4.79 Å². The van der Waals surface area contributed by atoms with Crippen LogP contribution < -0.4 is 0 Å². The van der Waals surface area contributed by atoms with Crippen LogP contribution in [0, 0.1) is 0 Å². The second-order valence-electron chi connectivity index (χ2n) is 4.07. The minimum absolute atomic E-state index is 0.105. The molecule has 0 N–H and O–H groups in total. The van der Waals surface area contributed by atoms with Gasteiger partial charge in [0.15, 0.2) is 5.11 Å². The summed E-state index contributed by atoms with van der Waals surface area (Å²) in [5.41, 5.74) is 0. The third kappa shape index (κ3) is 0.950. The molecule has 1 aliphatic carbocycles. The lowest BCUT2D eigenvalue weighted by Gasteiger charge is -2.17. The maximum Gasteiger partial charge on any atom is 0.251 e. The molecule has 2 heterocycles. The average Bonchev–Trinajstić information content (AvgIpc) is 2.77.